The molecule has 4 aromatic rings. The van der Waals surface area contributed by atoms with Gasteiger partial charge >= 0.3 is 0 Å². The number of para-hydroxylation sites is 1. The largest absolute Gasteiger partial charge is 0.507 e. The number of nitrogens with zero attached hydrogens (tertiary/aromatic N) is 1. The second-order valence-electron chi connectivity index (χ2n) is 8.36. The van der Waals surface area contributed by atoms with E-state index in [-0.39, 0.29) is 26.9 Å². The molecule has 0 saturated carbocycles. The Hall–Kier alpha value is -3.45. The van der Waals surface area contributed by atoms with Gasteiger partial charge < -0.3 is 14.8 Å². The smallest absolute Gasteiger partial charge is 0.300 e. The van der Waals surface area contributed by atoms with Gasteiger partial charge in [-0.3, -0.25) is 14.5 Å². The highest BCUT2D eigenvalue weighted by Crippen LogP contribution is 2.46. The van der Waals surface area contributed by atoms with Crippen LogP contribution in [0.25, 0.3) is 16.7 Å². The molecule has 0 aliphatic carbocycles. The molecule has 1 amide bonds. The predicted octanol–water partition coefficient (Wildman–Crippen LogP) is 7.07. The SMILES string of the molecule is COc1c(Cl)cc(Cl)cc1/C(O)=C1\C(=O)C(=O)N(c2ccc(C)c(Cl)c2)C1c1c[nH]c2ccccc12. The van der Waals surface area contributed by atoms with Crippen LogP contribution in [0, 0.1) is 6.92 Å². The summed E-state index contributed by atoms with van der Waals surface area (Å²) in [4.78, 5) is 31.5. The van der Waals surface area contributed by atoms with Crippen LogP contribution in [-0.4, -0.2) is 28.9 Å². The van der Waals surface area contributed by atoms with Gasteiger partial charge in [0.15, 0.2) is 0 Å². The third-order valence-electron chi connectivity index (χ3n) is 6.26. The number of anilines is 1. The van der Waals surface area contributed by atoms with E-state index in [1.807, 2.05) is 31.2 Å². The summed E-state index contributed by atoms with van der Waals surface area (Å²) in [6.45, 7) is 1.84. The molecule has 1 saturated heterocycles. The van der Waals surface area contributed by atoms with E-state index >= 15 is 0 Å². The minimum Gasteiger partial charge on any atom is -0.507 e. The summed E-state index contributed by atoms with van der Waals surface area (Å²) in [5.41, 5.74) is 2.63. The lowest BCUT2D eigenvalue weighted by molar-refractivity contribution is -0.132. The van der Waals surface area contributed by atoms with Gasteiger partial charge in [-0.25, -0.2) is 0 Å². The zero-order valence-corrected chi connectivity index (χ0v) is 21.4. The molecule has 6 nitrogen and oxygen atoms in total. The summed E-state index contributed by atoms with van der Waals surface area (Å²) in [5, 5.41) is 13.1. The number of ether oxygens (including phenoxy) is 1. The molecule has 5 rings (SSSR count). The first-order chi connectivity index (χ1) is 17.2. The number of methoxy groups -OCH3 is 1. The summed E-state index contributed by atoms with van der Waals surface area (Å²) in [5.74, 6) is -2.00. The molecule has 1 aliphatic rings. The Bertz CT molecular complexity index is 1590. The number of nitrogens with one attached hydrogen (secondary N) is 1. The normalized spacial score (nSPS) is 17.2. The monoisotopic (exact) mass is 540 g/mol. The van der Waals surface area contributed by atoms with Crippen molar-refractivity contribution in [3.05, 3.63) is 98.1 Å². The Morgan fingerprint density at radius 3 is 2.50 bits per heavy atom. The third kappa shape index (κ3) is 3.82. The van der Waals surface area contributed by atoms with E-state index in [2.05, 4.69) is 4.98 Å². The van der Waals surface area contributed by atoms with Crippen molar-refractivity contribution in [3.8, 4) is 5.75 Å². The number of hydrogen-bond acceptors (Lipinski definition) is 4. The van der Waals surface area contributed by atoms with Crippen LogP contribution in [0.3, 0.4) is 0 Å². The quantitative estimate of drug-likeness (QED) is 0.164. The molecule has 0 bridgehead atoms. The first-order valence-corrected chi connectivity index (χ1v) is 12.0. The van der Waals surface area contributed by atoms with Crippen molar-refractivity contribution in [2.24, 2.45) is 0 Å². The number of hydrogen-bond donors (Lipinski definition) is 2. The maximum absolute atomic E-state index is 13.5. The lowest BCUT2D eigenvalue weighted by Gasteiger charge is -2.25. The van der Waals surface area contributed by atoms with E-state index < -0.39 is 23.5 Å². The van der Waals surface area contributed by atoms with Crippen molar-refractivity contribution in [1.29, 1.82) is 0 Å². The van der Waals surface area contributed by atoms with Crippen molar-refractivity contribution in [3.63, 3.8) is 0 Å². The standard InChI is InChI=1S/C27H19Cl3N2O4/c1-13-7-8-15(11-19(13)29)32-23(18-12-31-21-6-4-3-5-16(18)21)22(25(34)27(32)35)24(33)17-9-14(28)10-20(30)26(17)36-2/h3-12,23,31,33H,1-2H3/b24-22+. The van der Waals surface area contributed by atoms with Crippen LogP contribution in [0.5, 0.6) is 5.75 Å². The highest BCUT2D eigenvalue weighted by Gasteiger charge is 2.48. The van der Waals surface area contributed by atoms with Crippen LogP contribution < -0.4 is 9.64 Å². The van der Waals surface area contributed by atoms with E-state index in [9.17, 15) is 14.7 Å². The molecular formula is C27H19Cl3N2O4. The van der Waals surface area contributed by atoms with E-state index in [1.165, 1.54) is 24.1 Å². The number of aromatic amines is 1. The number of rotatable bonds is 4. The molecule has 9 heteroatoms. The van der Waals surface area contributed by atoms with Crippen LogP contribution >= 0.6 is 34.8 Å². The van der Waals surface area contributed by atoms with E-state index in [1.54, 1.807) is 24.4 Å². The molecule has 1 aromatic heterocycles. The number of amides is 1. The van der Waals surface area contributed by atoms with Gasteiger partial charge in [0.2, 0.25) is 0 Å². The zero-order valence-electron chi connectivity index (χ0n) is 19.1. The second-order valence-corrected chi connectivity index (χ2v) is 9.61. The van der Waals surface area contributed by atoms with Crippen LogP contribution in [0.15, 0.2) is 66.4 Å². The van der Waals surface area contributed by atoms with Crippen LogP contribution in [-0.2, 0) is 9.59 Å². The van der Waals surface area contributed by atoms with Crippen molar-refractivity contribution in [2.75, 3.05) is 12.0 Å². The van der Waals surface area contributed by atoms with E-state index in [0.29, 0.717) is 16.3 Å². The van der Waals surface area contributed by atoms with Gasteiger partial charge in [-0.1, -0.05) is 59.1 Å². The maximum Gasteiger partial charge on any atom is 0.300 e. The fraction of sp³-hybridized carbons (Fsp3) is 0.111. The number of carbonyl (C=O) groups is 2. The van der Waals surface area contributed by atoms with E-state index in [4.69, 9.17) is 39.5 Å². The Balaban J connectivity index is 1.83. The lowest BCUT2D eigenvalue weighted by atomic mass is 9.94. The maximum atomic E-state index is 13.5. The highest BCUT2D eigenvalue weighted by atomic mass is 35.5. The third-order valence-corrected chi connectivity index (χ3v) is 7.17. The molecule has 3 aromatic carbocycles. The van der Waals surface area contributed by atoms with Gasteiger partial charge in [-0.05, 0) is 42.8 Å². The Morgan fingerprint density at radius 2 is 1.78 bits per heavy atom. The summed E-state index contributed by atoms with van der Waals surface area (Å²) in [7, 11) is 1.38. The van der Waals surface area contributed by atoms with Gasteiger partial charge in [-0.2, -0.15) is 0 Å². The first-order valence-electron chi connectivity index (χ1n) is 10.9. The number of carbonyl (C=O) groups excluding carboxylic acids is 2. The van der Waals surface area contributed by atoms with Crippen LogP contribution in [0.2, 0.25) is 15.1 Å². The molecule has 1 fully saturated rings. The fourth-order valence-electron chi connectivity index (χ4n) is 4.53. The van der Waals surface area contributed by atoms with Gasteiger partial charge in [0, 0.05) is 38.4 Å². The van der Waals surface area contributed by atoms with Crippen molar-refractivity contribution in [2.45, 2.75) is 13.0 Å². The lowest BCUT2D eigenvalue weighted by Crippen LogP contribution is -2.29. The zero-order chi connectivity index (χ0) is 25.7. The predicted molar refractivity (Wildman–Crippen MR) is 142 cm³/mol. The van der Waals surface area contributed by atoms with Crippen LogP contribution in [0.1, 0.15) is 22.7 Å². The van der Waals surface area contributed by atoms with Gasteiger partial charge in [0.25, 0.3) is 11.7 Å². The molecular weight excluding hydrogens is 523 g/mol. The number of halogens is 3. The number of ketones is 1. The molecule has 0 radical (unpaired) electrons. The number of H-pyrrole nitrogens is 1. The molecule has 1 unspecified atom stereocenters. The van der Waals surface area contributed by atoms with Gasteiger partial charge in [0.05, 0.1) is 29.3 Å². The molecule has 2 heterocycles. The Labute approximate surface area is 221 Å². The van der Waals surface area contributed by atoms with Crippen molar-refractivity contribution >= 4 is 68.8 Å². The minimum atomic E-state index is -0.970. The molecule has 182 valence electrons. The molecule has 1 atom stereocenters. The number of aliphatic hydroxyl groups is 1. The number of Topliss-reactive ketones (excluding diaryl/α,β-unsaturated/α-hetero) is 1. The summed E-state index contributed by atoms with van der Waals surface area (Å²) in [6.07, 6.45) is 1.72. The summed E-state index contributed by atoms with van der Waals surface area (Å²) < 4.78 is 5.39. The van der Waals surface area contributed by atoms with Crippen molar-refractivity contribution < 1.29 is 19.4 Å². The van der Waals surface area contributed by atoms with Crippen molar-refractivity contribution in [1.82, 2.24) is 4.98 Å². The molecule has 1 aliphatic heterocycles. The number of aryl methyl sites for hydroxylation is 1. The number of aromatic nitrogens is 1. The van der Waals surface area contributed by atoms with Gasteiger partial charge in [0.1, 0.15) is 11.5 Å². The van der Waals surface area contributed by atoms with Crippen LogP contribution in [0.4, 0.5) is 5.69 Å². The fourth-order valence-corrected chi connectivity index (χ4v) is 5.28. The first kappa shape index (κ1) is 24.3. The molecule has 0 spiro atoms. The second kappa shape index (κ2) is 9.21. The van der Waals surface area contributed by atoms with E-state index in [0.717, 1.165) is 16.5 Å². The Morgan fingerprint density at radius 1 is 1.03 bits per heavy atom. The Kier molecular flexibility index (Phi) is 6.20. The average molecular weight is 542 g/mol. The number of aliphatic hydroxyl groups excluding tert-OH is 1. The number of benzene rings is 3. The molecule has 2 N–H and O–H groups in total. The van der Waals surface area contributed by atoms with Gasteiger partial charge in [-0.15, -0.1) is 0 Å². The minimum absolute atomic E-state index is 0.0970. The highest BCUT2D eigenvalue weighted by molar-refractivity contribution is 6.52. The molecule has 36 heavy (non-hydrogen) atoms. The topological polar surface area (TPSA) is 82.6 Å². The average Bonchev–Trinajstić information content (AvgIpc) is 3.38. The summed E-state index contributed by atoms with van der Waals surface area (Å²) in [6, 6.07) is 14.5. The number of fused-ring (bicyclic) bond motifs is 1. The summed E-state index contributed by atoms with van der Waals surface area (Å²) >= 11 is 18.9.